The van der Waals surface area contributed by atoms with Gasteiger partial charge in [-0.3, -0.25) is 9.10 Å². The molecule has 2 atom stereocenters. The number of carbonyl (C=O) groups excluding carboxylic acids is 1. The van der Waals surface area contributed by atoms with Crippen molar-refractivity contribution >= 4 is 21.6 Å². The van der Waals surface area contributed by atoms with Gasteiger partial charge < -0.3 is 10.1 Å². The van der Waals surface area contributed by atoms with E-state index < -0.39 is 16.1 Å². The molecule has 0 unspecified atom stereocenters. The molecule has 0 aliphatic heterocycles. The van der Waals surface area contributed by atoms with Gasteiger partial charge in [0.2, 0.25) is 15.9 Å². The average Bonchev–Trinajstić information content (AvgIpc) is 2.72. The summed E-state index contributed by atoms with van der Waals surface area (Å²) in [5.41, 5.74) is 2.82. The number of aryl methyl sites for hydroxylation is 1. The molecular weight excluding hydrogens is 400 g/mol. The Hall–Kier alpha value is -2.54. The first-order valence-corrected chi connectivity index (χ1v) is 12.3. The SMILES string of the molecule is CCOc1ccc(N([C@@H](CC)C(=O)N[C@H]2CCCc3ccccc32)S(C)(=O)=O)cc1. The monoisotopic (exact) mass is 430 g/mol. The van der Waals surface area contributed by atoms with Gasteiger partial charge in [0.25, 0.3) is 0 Å². The zero-order valence-corrected chi connectivity index (χ0v) is 18.6. The van der Waals surface area contributed by atoms with Gasteiger partial charge in [0, 0.05) is 0 Å². The molecule has 0 saturated carbocycles. The van der Waals surface area contributed by atoms with Crippen LogP contribution in [0.4, 0.5) is 5.69 Å². The Bertz CT molecular complexity index is 973. The fourth-order valence-corrected chi connectivity index (χ4v) is 5.30. The number of rotatable bonds is 8. The fraction of sp³-hybridized carbons (Fsp3) is 0.435. The number of nitrogens with zero attached hydrogens (tertiary/aromatic N) is 1. The van der Waals surface area contributed by atoms with E-state index >= 15 is 0 Å². The number of amides is 1. The molecule has 0 fully saturated rings. The van der Waals surface area contributed by atoms with E-state index in [1.807, 2.05) is 32.0 Å². The Labute approximate surface area is 179 Å². The second-order valence-corrected chi connectivity index (χ2v) is 9.42. The summed E-state index contributed by atoms with van der Waals surface area (Å²) in [4.78, 5) is 13.2. The van der Waals surface area contributed by atoms with Crippen LogP contribution in [0.3, 0.4) is 0 Å². The third kappa shape index (κ3) is 4.95. The minimum absolute atomic E-state index is 0.0989. The van der Waals surface area contributed by atoms with E-state index in [4.69, 9.17) is 4.74 Å². The van der Waals surface area contributed by atoms with Crippen LogP contribution in [0.25, 0.3) is 0 Å². The fourth-order valence-electron chi connectivity index (χ4n) is 4.09. The Morgan fingerprint density at radius 1 is 1.17 bits per heavy atom. The van der Waals surface area contributed by atoms with E-state index in [1.165, 1.54) is 9.87 Å². The molecule has 0 heterocycles. The molecule has 162 valence electrons. The van der Waals surface area contributed by atoms with Crippen LogP contribution in [0.5, 0.6) is 5.75 Å². The maximum Gasteiger partial charge on any atom is 0.244 e. The molecule has 7 heteroatoms. The summed E-state index contributed by atoms with van der Waals surface area (Å²) in [6, 6.07) is 14.0. The topological polar surface area (TPSA) is 75.7 Å². The summed E-state index contributed by atoms with van der Waals surface area (Å²) in [6.45, 7) is 4.24. The van der Waals surface area contributed by atoms with Gasteiger partial charge >= 0.3 is 0 Å². The van der Waals surface area contributed by atoms with E-state index in [1.54, 1.807) is 24.3 Å². The van der Waals surface area contributed by atoms with Crippen molar-refractivity contribution in [2.45, 2.75) is 51.6 Å². The highest BCUT2D eigenvalue weighted by atomic mass is 32.2. The molecule has 0 bridgehead atoms. The molecule has 2 aromatic rings. The normalized spacial score (nSPS) is 17.0. The third-order valence-electron chi connectivity index (χ3n) is 5.42. The molecule has 1 aliphatic carbocycles. The highest BCUT2D eigenvalue weighted by Crippen LogP contribution is 2.30. The Morgan fingerprint density at radius 3 is 2.50 bits per heavy atom. The molecular formula is C23H30N2O4S. The second-order valence-electron chi connectivity index (χ2n) is 7.56. The maximum atomic E-state index is 13.2. The van der Waals surface area contributed by atoms with Crippen molar-refractivity contribution in [1.82, 2.24) is 5.32 Å². The number of fused-ring (bicyclic) bond motifs is 1. The molecule has 0 spiro atoms. The van der Waals surface area contributed by atoms with Crippen molar-refractivity contribution in [3.63, 3.8) is 0 Å². The van der Waals surface area contributed by atoms with Crippen molar-refractivity contribution in [3.05, 3.63) is 59.7 Å². The molecule has 30 heavy (non-hydrogen) atoms. The lowest BCUT2D eigenvalue weighted by molar-refractivity contribution is -0.123. The summed E-state index contributed by atoms with van der Waals surface area (Å²) in [6.07, 6.45) is 4.34. The summed E-state index contributed by atoms with van der Waals surface area (Å²) >= 11 is 0. The summed E-state index contributed by atoms with van der Waals surface area (Å²) in [5.74, 6) is 0.379. The van der Waals surface area contributed by atoms with Crippen molar-refractivity contribution in [2.75, 3.05) is 17.2 Å². The van der Waals surface area contributed by atoms with Crippen molar-refractivity contribution in [3.8, 4) is 5.75 Å². The van der Waals surface area contributed by atoms with E-state index in [-0.39, 0.29) is 11.9 Å². The van der Waals surface area contributed by atoms with Crippen molar-refractivity contribution in [1.29, 1.82) is 0 Å². The molecule has 1 N–H and O–H groups in total. The summed E-state index contributed by atoms with van der Waals surface area (Å²) in [5, 5.41) is 3.11. The lowest BCUT2D eigenvalue weighted by atomic mass is 9.87. The zero-order valence-electron chi connectivity index (χ0n) is 17.8. The minimum atomic E-state index is -3.67. The number of hydrogen-bond donors (Lipinski definition) is 1. The second kappa shape index (κ2) is 9.51. The van der Waals surface area contributed by atoms with Crippen LogP contribution in [0, 0.1) is 0 Å². The lowest BCUT2D eigenvalue weighted by Crippen LogP contribution is -2.50. The van der Waals surface area contributed by atoms with Crippen LogP contribution in [-0.4, -0.2) is 33.2 Å². The number of ether oxygens (including phenoxy) is 1. The van der Waals surface area contributed by atoms with Crippen molar-refractivity contribution < 1.29 is 17.9 Å². The average molecular weight is 431 g/mol. The first-order chi connectivity index (χ1) is 14.3. The number of sulfonamides is 1. The highest BCUT2D eigenvalue weighted by Gasteiger charge is 2.33. The van der Waals surface area contributed by atoms with Crippen LogP contribution in [0.1, 0.15) is 50.3 Å². The number of nitrogens with one attached hydrogen (secondary N) is 1. The molecule has 0 radical (unpaired) electrons. The molecule has 6 nitrogen and oxygen atoms in total. The van der Waals surface area contributed by atoms with Gasteiger partial charge in [0.15, 0.2) is 0 Å². The predicted octanol–water partition coefficient (Wildman–Crippen LogP) is 3.82. The Morgan fingerprint density at radius 2 is 1.87 bits per heavy atom. The molecule has 2 aromatic carbocycles. The maximum absolute atomic E-state index is 13.2. The zero-order chi connectivity index (χ0) is 21.7. The number of carbonyl (C=O) groups is 1. The van der Waals surface area contributed by atoms with Gasteiger partial charge in [0.1, 0.15) is 11.8 Å². The van der Waals surface area contributed by atoms with Gasteiger partial charge in [-0.25, -0.2) is 8.42 Å². The van der Waals surface area contributed by atoms with Gasteiger partial charge in [-0.05, 0) is 68.0 Å². The minimum Gasteiger partial charge on any atom is -0.494 e. The van der Waals surface area contributed by atoms with E-state index in [0.717, 1.165) is 31.1 Å². The Balaban J connectivity index is 1.86. The highest BCUT2D eigenvalue weighted by molar-refractivity contribution is 7.92. The first-order valence-electron chi connectivity index (χ1n) is 10.5. The molecule has 1 aliphatic rings. The third-order valence-corrected chi connectivity index (χ3v) is 6.60. The van der Waals surface area contributed by atoms with Crippen LogP contribution >= 0.6 is 0 Å². The van der Waals surface area contributed by atoms with E-state index in [9.17, 15) is 13.2 Å². The molecule has 3 rings (SSSR count). The van der Waals surface area contributed by atoms with Crippen LogP contribution in [0.2, 0.25) is 0 Å². The molecule has 0 aromatic heterocycles. The number of anilines is 1. The molecule has 1 amide bonds. The van der Waals surface area contributed by atoms with E-state index in [2.05, 4.69) is 11.4 Å². The van der Waals surface area contributed by atoms with Crippen LogP contribution in [-0.2, 0) is 21.2 Å². The Kier molecular flexibility index (Phi) is 7.02. The number of hydrogen-bond acceptors (Lipinski definition) is 4. The predicted molar refractivity (Wildman–Crippen MR) is 119 cm³/mol. The van der Waals surface area contributed by atoms with Gasteiger partial charge in [0.05, 0.1) is 24.6 Å². The smallest absolute Gasteiger partial charge is 0.244 e. The van der Waals surface area contributed by atoms with Crippen molar-refractivity contribution in [2.24, 2.45) is 0 Å². The lowest BCUT2D eigenvalue weighted by Gasteiger charge is -2.33. The summed E-state index contributed by atoms with van der Waals surface area (Å²) < 4.78 is 32.0. The molecule has 0 saturated heterocycles. The quantitative estimate of drug-likeness (QED) is 0.691. The van der Waals surface area contributed by atoms with Gasteiger partial charge in [-0.15, -0.1) is 0 Å². The first kappa shape index (κ1) is 22.2. The largest absolute Gasteiger partial charge is 0.494 e. The number of benzene rings is 2. The van der Waals surface area contributed by atoms with Gasteiger partial charge in [-0.1, -0.05) is 31.2 Å². The summed E-state index contributed by atoms with van der Waals surface area (Å²) in [7, 11) is -3.67. The van der Waals surface area contributed by atoms with Gasteiger partial charge in [-0.2, -0.15) is 0 Å². The van der Waals surface area contributed by atoms with E-state index in [0.29, 0.717) is 24.5 Å². The van der Waals surface area contributed by atoms with Crippen LogP contribution in [0.15, 0.2) is 48.5 Å². The standard InChI is InChI=1S/C23H30N2O4S/c1-4-22(23(26)24-21-12-8-10-17-9-6-7-11-20(17)21)25(30(3,27)28)18-13-15-19(16-14-18)29-5-2/h6-7,9,11,13-16,21-22H,4-5,8,10,12H2,1-3H3,(H,24,26)/t21-,22-/m0/s1. The van der Waals surface area contributed by atoms with Crippen LogP contribution < -0.4 is 14.4 Å².